The van der Waals surface area contributed by atoms with E-state index in [9.17, 15) is 9.59 Å². The number of piperidine rings is 1. The molecule has 10 nitrogen and oxygen atoms in total. The highest BCUT2D eigenvalue weighted by Gasteiger charge is 2.23. The van der Waals surface area contributed by atoms with E-state index < -0.39 is 6.09 Å². The molecule has 3 aromatic rings. The second kappa shape index (κ2) is 9.60. The summed E-state index contributed by atoms with van der Waals surface area (Å²) in [7, 11) is 1.56. The van der Waals surface area contributed by atoms with E-state index >= 15 is 0 Å². The first-order chi connectivity index (χ1) is 15.9. The lowest BCUT2D eigenvalue weighted by Gasteiger charge is -2.31. The normalized spacial score (nSPS) is 14.1. The van der Waals surface area contributed by atoms with Crippen LogP contribution in [0.5, 0.6) is 28.9 Å². The van der Waals surface area contributed by atoms with Gasteiger partial charge in [0.15, 0.2) is 11.5 Å². The number of primary amides is 1. The van der Waals surface area contributed by atoms with Crippen LogP contribution in [0.4, 0.5) is 4.79 Å². The van der Waals surface area contributed by atoms with Crippen molar-refractivity contribution in [2.75, 3.05) is 20.2 Å². The molecule has 0 bridgehead atoms. The number of carbonyl (C=O) groups excluding carboxylic acids is 2. The van der Waals surface area contributed by atoms with Gasteiger partial charge in [-0.3, -0.25) is 4.79 Å². The van der Waals surface area contributed by atoms with Crippen LogP contribution in [0, 0.1) is 0 Å². The molecule has 10 heteroatoms. The number of hydrogen-bond acceptors (Lipinski definition) is 8. The molecule has 2 amide bonds. The lowest BCUT2D eigenvalue weighted by molar-refractivity contribution is -0.130. The Kier molecular flexibility index (Phi) is 6.43. The molecule has 2 aromatic carbocycles. The Morgan fingerprint density at radius 2 is 1.73 bits per heavy atom. The molecule has 4 rings (SSSR count). The molecule has 2 N–H and O–H groups in total. The van der Waals surface area contributed by atoms with Gasteiger partial charge in [0.05, 0.1) is 18.0 Å². The van der Waals surface area contributed by atoms with Gasteiger partial charge >= 0.3 is 6.09 Å². The standard InChI is InChI=1S/C23H24N4O6/c1-14(28)27-9-7-17(8-10-27)31-21-12-19-18(11-20(21)30-2)22(26-13-25-19)32-15-3-5-16(6-4-15)33-23(24)29/h3-6,11-13,17H,7-10H2,1-2H3,(H2,24,29). The number of benzene rings is 2. The first-order valence-electron chi connectivity index (χ1n) is 10.4. The second-order valence-electron chi connectivity index (χ2n) is 7.52. The van der Waals surface area contributed by atoms with E-state index in [4.69, 9.17) is 24.7 Å². The van der Waals surface area contributed by atoms with Crippen molar-refractivity contribution < 1.29 is 28.5 Å². The summed E-state index contributed by atoms with van der Waals surface area (Å²) in [6.07, 6.45) is 1.98. The first kappa shape index (κ1) is 22.1. The Morgan fingerprint density at radius 3 is 2.36 bits per heavy atom. The Hall–Kier alpha value is -4.08. The first-order valence-corrected chi connectivity index (χ1v) is 10.4. The summed E-state index contributed by atoms with van der Waals surface area (Å²) in [6, 6.07) is 9.96. The van der Waals surface area contributed by atoms with E-state index in [0.29, 0.717) is 52.9 Å². The summed E-state index contributed by atoms with van der Waals surface area (Å²) in [5.74, 6) is 2.31. The summed E-state index contributed by atoms with van der Waals surface area (Å²) in [5, 5.41) is 0.644. The van der Waals surface area contributed by atoms with Crippen LogP contribution in [0.1, 0.15) is 19.8 Å². The molecule has 1 saturated heterocycles. The molecular formula is C23H24N4O6. The minimum absolute atomic E-state index is 0.0226. The fraction of sp³-hybridized carbons (Fsp3) is 0.304. The fourth-order valence-electron chi connectivity index (χ4n) is 3.64. The maximum Gasteiger partial charge on any atom is 0.409 e. The van der Waals surface area contributed by atoms with Gasteiger partial charge in [0, 0.05) is 38.9 Å². The predicted octanol–water partition coefficient (Wildman–Crippen LogP) is 3.28. The lowest BCUT2D eigenvalue weighted by Crippen LogP contribution is -2.40. The minimum atomic E-state index is -0.889. The molecule has 1 fully saturated rings. The summed E-state index contributed by atoms with van der Waals surface area (Å²) >= 11 is 0. The molecule has 1 aromatic heterocycles. The lowest BCUT2D eigenvalue weighted by atomic mass is 10.1. The van der Waals surface area contributed by atoms with Crippen LogP contribution >= 0.6 is 0 Å². The van der Waals surface area contributed by atoms with Crippen LogP contribution in [-0.4, -0.2) is 53.2 Å². The molecule has 33 heavy (non-hydrogen) atoms. The van der Waals surface area contributed by atoms with Gasteiger partial charge in [-0.05, 0) is 30.3 Å². The van der Waals surface area contributed by atoms with Gasteiger partial charge in [-0.25, -0.2) is 14.8 Å². The third kappa shape index (κ3) is 5.22. The fourth-order valence-corrected chi connectivity index (χ4v) is 3.64. The molecule has 1 aliphatic rings. The molecule has 0 aliphatic carbocycles. The Morgan fingerprint density at radius 1 is 1.03 bits per heavy atom. The van der Waals surface area contributed by atoms with Crippen LogP contribution in [0.2, 0.25) is 0 Å². The van der Waals surface area contributed by atoms with Crippen LogP contribution in [0.3, 0.4) is 0 Å². The van der Waals surface area contributed by atoms with E-state index in [1.807, 2.05) is 4.90 Å². The Bertz CT molecular complexity index is 1160. The number of likely N-dealkylation sites (tertiary alicyclic amines) is 1. The summed E-state index contributed by atoms with van der Waals surface area (Å²) in [5.41, 5.74) is 5.65. The number of fused-ring (bicyclic) bond motifs is 1. The number of aromatic nitrogens is 2. The van der Waals surface area contributed by atoms with Crippen molar-refractivity contribution in [2.45, 2.75) is 25.9 Å². The minimum Gasteiger partial charge on any atom is -0.493 e. The largest absolute Gasteiger partial charge is 0.493 e. The predicted molar refractivity (Wildman–Crippen MR) is 119 cm³/mol. The smallest absolute Gasteiger partial charge is 0.409 e. The molecule has 0 saturated carbocycles. The highest BCUT2D eigenvalue weighted by Crippen LogP contribution is 2.37. The maximum atomic E-state index is 11.5. The molecule has 0 unspecified atom stereocenters. The number of nitrogens with zero attached hydrogens (tertiary/aromatic N) is 3. The Labute approximate surface area is 190 Å². The van der Waals surface area contributed by atoms with E-state index in [-0.39, 0.29) is 12.0 Å². The average molecular weight is 452 g/mol. The zero-order chi connectivity index (χ0) is 23.4. The van der Waals surface area contributed by atoms with Gasteiger partial charge in [-0.15, -0.1) is 0 Å². The van der Waals surface area contributed by atoms with Crippen molar-refractivity contribution in [2.24, 2.45) is 5.73 Å². The number of rotatable bonds is 6. The Balaban J connectivity index is 1.54. The van der Waals surface area contributed by atoms with Crippen LogP contribution < -0.4 is 24.7 Å². The highest BCUT2D eigenvalue weighted by atomic mass is 16.5. The van der Waals surface area contributed by atoms with E-state index in [1.54, 1.807) is 50.4 Å². The molecular weight excluding hydrogens is 428 g/mol. The van der Waals surface area contributed by atoms with Gasteiger partial charge < -0.3 is 29.6 Å². The average Bonchev–Trinajstić information content (AvgIpc) is 2.80. The van der Waals surface area contributed by atoms with Crippen LogP contribution in [0.25, 0.3) is 10.9 Å². The van der Waals surface area contributed by atoms with E-state index in [1.165, 1.54) is 6.33 Å². The van der Waals surface area contributed by atoms with Crippen LogP contribution in [-0.2, 0) is 4.79 Å². The number of nitrogens with two attached hydrogens (primary N) is 1. The number of amides is 2. The van der Waals surface area contributed by atoms with Crippen molar-refractivity contribution in [1.82, 2.24) is 14.9 Å². The van der Waals surface area contributed by atoms with Gasteiger partial charge in [0.1, 0.15) is 23.9 Å². The van der Waals surface area contributed by atoms with Crippen molar-refractivity contribution in [3.63, 3.8) is 0 Å². The third-order valence-electron chi connectivity index (χ3n) is 5.32. The third-order valence-corrected chi connectivity index (χ3v) is 5.32. The van der Waals surface area contributed by atoms with E-state index in [0.717, 1.165) is 12.8 Å². The molecule has 2 heterocycles. The topological polar surface area (TPSA) is 126 Å². The van der Waals surface area contributed by atoms with Crippen molar-refractivity contribution in [3.05, 3.63) is 42.7 Å². The molecule has 0 atom stereocenters. The van der Waals surface area contributed by atoms with Crippen molar-refractivity contribution >= 4 is 22.9 Å². The SMILES string of the molecule is COc1cc2c(Oc3ccc(OC(N)=O)cc3)ncnc2cc1OC1CCN(C(C)=O)CC1. The molecule has 1 aliphatic heterocycles. The van der Waals surface area contributed by atoms with Crippen molar-refractivity contribution in [3.8, 4) is 28.9 Å². The number of methoxy groups -OCH3 is 1. The molecule has 0 radical (unpaired) electrons. The summed E-state index contributed by atoms with van der Waals surface area (Å²) in [4.78, 5) is 32.8. The molecule has 0 spiro atoms. The molecule has 172 valence electrons. The van der Waals surface area contributed by atoms with E-state index in [2.05, 4.69) is 9.97 Å². The van der Waals surface area contributed by atoms with Gasteiger partial charge in [-0.1, -0.05) is 0 Å². The second-order valence-corrected chi connectivity index (χ2v) is 7.52. The summed E-state index contributed by atoms with van der Waals surface area (Å²) in [6.45, 7) is 2.91. The number of hydrogen-bond donors (Lipinski definition) is 1. The quantitative estimate of drug-likeness (QED) is 0.604. The van der Waals surface area contributed by atoms with Gasteiger partial charge in [-0.2, -0.15) is 0 Å². The maximum absolute atomic E-state index is 11.5. The summed E-state index contributed by atoms with van der Waals surface area (Å²) < 4.78 is 22.5. The number of carbonyl (C=O) groups is 2. The number of ether oxygens (including phenoxy) is 4. The zero-order valence-electron chi connectivity index (χ0n) is 18.3. The van der Waals surface area contributed by atoms with Gasteiger partial charge in [0.2, 0.25) is 11.8 Å². The highest BCUT2D eigenvalue weighted by molar-refractivity contribution is 5.87. The zero-order valence-corrected chi connectivity index (χ0v) is 18.3. The monoisotopic (exact) mass is 452 g/mol. The van der Waals surface area contributed by atoms with Crippen LogP contribution in [0.15, 0.2) is 42.7 Å². The van der Waals surface area contributed by atoms with Gasteiger partial charge in [0.25, 0.3) is 0 Å². The van der Waals surface area contributed by atoms with Crippen molar-refractivity contribution in [1.29, 1.82) is 0 Å².